The second-order valence-corrected chi connectivity index (χ2v) is 6.79. The van der Waals surface area contributed by atoms with Crippen LogP contribution in [-0.2, 0) is 16.1 Å². The minimum Gasteiger partial charge on any atom is -0.488 e. The van der Waals surface area contributed by atoms with Gasteiger partial charge in [0.2, 0.25) is 0 Å². The maximum absolute atomic E-state index is 13.0. The fraction of sp³-hybridized carbons (Fsp3) is 0.0870. The summed E-state index contributed by atoms with van der Waals surface area (Å²) in [6, 6.07) is 16.7. The third-order valence-electron chi connectivity index (χ3n) is 4.40. The van der Waals surface area contributed by atoms with E-state index in [0.29, 0.717) is 5.56 Å². The molecule has 2 N–H and O–H groups in total. The first kappa shape index (κ1) is 23.9. The minimum absolute atomic E-state index is 0.0762. The summed E-state index contributed by atoms with van der Waals surface area (Å²) in [5.41, 5.74) is 4.85. The Balaban J connectivity index is 1.49. The van der Waals surface area contributed by atoms with Gasteiger partial charge in [0, 0.05) is 17.7 Å². The zero-order chi connectivity index (χ0) is 24.5. The van der Waals surface area contributed by atoms with Gasteiger partial charge in [-0.05, 0) is 42.0 Å². The van der Waals surface area contributed by atoms with Crippen LogP contribution in [0.25, 0.3) is 0 Å². The van der Waals surface area contributed by atoms with E-state index < -0.39 is 29.3 Å². The number of esters is 1. The summed E-state index contributed by atoms with van der Waals surface area (Å²) in [7, 11) is 0. The first-order valence-electron chi connectivity index (χ1n) is 9.80. The number of hydrogen-bond donors (Lipinski definition) is 2. The second-order valence-electron chi connectivity index (χ2n) is 6.79. The van der Waals surface area contributed by atoms with Crippen LogP contribution in [0.4, 0.5) is 10.1 Å². The number of halogens is 1. The van der Waals surface area contributed by atoms with Gasteiger partial charge in [-0.3, -0.25) is 30.6 Å². The number of nitrogens with one attached hydrogen (secondary N) is 2. The fourth-order valence-electron chi connectivity index (χ4n) is 2.68. The predicted molar refractivity (Wildman–Crippen MR) is 116 cm³/mol. The number of non-ortho nitro benzene ring substituents is 1. The topological polar surface area (TPSA) is 137 Å². The first-order valence-corrected chi connectivity index (χ1v) is 9.80. The molecule has 11 heteroatoms. The van der Waals surface area contributed by atoms with Crippen molar-refractivity contribution in [2.24, 2.45) is 0 Å². The van der Waals surface area contributed by atoms with E-state index in [1.807, 2.05) is 0 Å². The highest BCUT2D eigenvalue weighted by Crippen LogP contribution is 2.20. The van der Waals surface area contributed by atoms with Crippen LogP contribution in [0.3, 0.4) is 0 Å². The molecule has 3 aromatic rings. The molecule has 174 valence electrons. The van der Waals surface area contributed by atoms with Gasteiger partial charge in [0.15, 0.2) is 6.61 Å². The molecule has 3 aromatic carbocycles. The van der Waals surface area contributed by atoms with Crippen LogP contribution in [0, 0.1) is 15.9 Å². The number of benzene rings is 3. The summed E-state index contributed by atoms with van der Waals surface area (Å²) in [5.74, 6) is -2.52. The Kier molecular flexibility index (Phi) is 7.84. The van der Waals surface area contributed by atoms with E-state index in [-0.39, 0.29) is 35.0 Å². The number of carbonyl (C=O) groups excluding carboxylic acids is 3. The van der Waals surface area contributed by atoms with Crippen molar-refractivity contribution in [3.05, 3.63) is 105 Å². The lowest BCUT2D eigenvalue weighted by atomic mass is 10.2. The summed E-state index contributed by atoms with van der Waals surface area (Å²) in [5, 5.41) is 10.6. The zero-order valence-corrected chi connectivity index (χ0v) is 17.5. The third-order valence-corrected chi connectivity index (χ3v) is 4.40. The van der Waals surface area contributed by atoms with Gasteiger partial charge in [-0.15, -0.1) is 0 Å². The maximum Gasteiger partial charge on any atom is 0.342 e. The van der Waals surface area contributed by atoms with Gasteiger partial charge in [-0.1, -0.05) is 24.3 Å². The summed E-state index contributed by atoms with van der Waals surface area (Å²) in [6.45, 7) is -0.606. The number of nitrogens with zero attached hydrogens (tertiary/aromatic N) is 1. The molecule has 0 saturated carbocycles. The van der Waals surface area contributed by atoms with Gasteiger partial charge in [0.05, 0.1) is 4.92 Å². The summed E-state index contributed by atoms with van der Waals surface area (Å²) in [4.78, 5) is 46.4. The van der Waals surface area contributed by atoms with Gasteiger partial charge in [-0.25, -0.2) is 9.18 Å². The average molecular weight is 467 g/mol. The minimum atomic E-state index is -0.827. The molecule has 2 amide bonds. The normalized spacial score (nSPS) is 10.1. The van der Waals surface area contributed by atoms with E-state index in [1.165, 1.54) is 30.3 Å². The molecule has 0 fully saturated rings. The van der Waals surface area contributed by atoms with Crippen molar-refractivity contribution < 1.29 is 33.2 Å². The molecule has 3 rings (SSSR count). The Morgan fingerprint density at radius 1 is 0.912 bits per heavy atom. The Morgan fingerprint density at radius 2 is 1.59 bits per heavy atom. The first-order chi connectivity index (χ1) is 16.3. The van der Waals surface area contributed by atoms with E-state index in [0.717, 1.165) is 12.1 Å². The van der Waals surface area contributed by atoms with E-state index >= 15 is 0 Å². The predicted octanol–water partition coefficient (Wildman–Crippen LogP) is 2.93. The number of rotatable bonds is 8. The molecule has 0 radical (unpaired) electrons. The number of carbonyl (C=O) groups is 3. The van der Waals surface area contributed by atoms with Gasteiger partial charge in [0.1, 0.15) is 23.7 Å². The highest BCUT2D eigenvalue weighted by atomic mass is 19.1. The van der Waals surface area contributed by atoms with Gasteiger partial charge in [-0.2, -0.15) is 0 Å². The summed E-state index contributed by atoms with van der Waals surface area (Å²) >= 11 is 0. The van der Waals surface area contributed by atoms with E-state index in [4.69, 9.17) is 9.47 Å². The summed E-state index contributed by atoms with van der Waals surface area (Å²) < 4.78 is 23.6. The molecule has 0 atom stereocenters. The Bertz CT molecular complexity index is 1200. The van der Waals surface area contributed by atoms with Crippen LogP contribution in [0.5, 0.6) is 5.75 Å². The maximum atomic E-state index is 13.0. The van der Waals surface area contributed by atoms with Crippen molar-refractivity contribution in [3.8, 4) is 5.75 Å². The van der Waals surface area contributed by atoms with Crippen molar-refractivity contribution in [2.75, 3.05) is 6.61 Å². The Hall–Kier alpha value is -4.80. The SMILES string of the molecule is O=C(COC(=O)c1ccccc1OCc1ccc(F)cc1)NNC(=O)c1ccc([N+](=O)[O-])cc1. The largest absolute Gasteiger partial charge is 0.488 e. The molecular weight excluding hydrogens is 449 g/mol. The summed E-state index contributed by atoms with van der Waals surface area (Å²) in [6.07, 6.45) is 0. The van der Waals surface area contributed by atoms with Crippen molar-refractivity contribution in [1.29, 1.82) is 0 Å². The number of ether oxygens (including phenoxy) is 2. The van der Waals surface area contributed by atoms with Crippen LogP contribution < -0.4 is 15.6 Å². The smallest absolute Gasteiger partial charge is 0.342 e. The van der Waals surface area contributed by atoms with Gasteiger partial charge >= 0.3 is 5.97 Å². The van der Waals surface area contributed by atoms with Crippen LogP contribution in [-0.4, -0.2) is 29.3 Å². The van der Waals surface area contributed by atoms with Crippen molar-refractivity contribution in [1.82, 2.24) is 10.9 Å². The van der Waals surface area contributed by atoms with Gasteiger partial charge < -0.3 is 9.47 Å². The van der Waals surface area contributed by atoms with Crippen molar-refractivity contribution in [2.45, 2.75) is 6.61 Å². The molecule has 0 bridgehead atoms. The highest BCUT2D eigenvalue weighted by Gasteiger charge is 2.16. The molecule has 0 spiro atoms. The monoisotopic (exact) mass is 467 g/mol. The van der Waals surface area contributed by atoms with E-state index in [9.17, 15) is 28.9 Å². The van der Waals surface area contributed by atoms with E-state index in [2.05, 4.69) is 10.9 Å². The van der Waals surface area contributed by atoms with Crippen molar-refractivity contribution >= 4 is 23.5 Å². The molecule has 0 aliphatic heterocycles. The number of hydrazine groups is 1. The van der Waals surface area contributed by atoms with Crippen LogP contribution in [0.15, 0.2) is 72.8 Å². The molecule has 0 aromatic heterocycles. The van der Waals surface area contributed by atoms with Crippen LogP contribution in [0.2, 0.25) is 0 Å². The standard InChI is InChI=1S/C23H18FN3O7/c24-17-9-5-15(6-10-17)13-33-20-4-2-1-3-19(20)23(30)34-14-21(28)25-26-22(29)16-7-11-18(12-8-16)27(31)32/h1-12H,13-14H2,(H,25,28)(H,26,29). The third kappa shape index (κ3) is 6.60. The second kappa shape index (κ2) is 11.2. The molecule has 0 heterocycles. The number of hydrogen-bond acceptors (Lipinski definition) is 7. The lowest BCUT2D eigenvalue weighted by Crippen LogP contribution is -2.43. The molecular formula is C23H18FN3O7. The molecule has 0 unspecified atom stereocenters. The lowest BCUT2D eigenvalue weighted by molar-refractivity contribution is -0.384. The molecule has 0 saturated heterocycles. The molecule has 10 nitrogen and oxygen atoms in total. The highest BCUT2D eigenvalue weighted by molar-refractivity contribution is 5.96. The van der Waals surface area contributed by atoms with Crippen LogP contribution in [0.1, 0.15) is 26.3 Å². The molecule has 34 heavy (non-hydrogen) atoms. The Labute approximate surface area is 192 Å². The average Bonchev–Trinajstić information content (AvgIpc) is 2.85. The fourth-order valence-corrected chi connectivity index (χ4v) is 2.68. The van der Waals surface area contributed by atoms with Crippen LogP contribution >= 0.6 is 0 Å². The number of nitro benzene ring substituents is 1. The quantitative estimate of drug-likeness (QED) is 0.295. The van der Waals surface area contributed by atoms with Crippen molar-refractivity contribution in [3.63, 3.8) is 0 Å². The number of amides is 2. The lowest BCUT2D eigenvalue weighted by Gasteiger charge is -2.12. The number of para-hydroxylation sites is 1. The molecule has 0 aliphatic carbocycles. The van der Waals surface area contributed by atoms with Gasteiger partial charge in [0.25, 0.3) is 17.5 Å². The zero-order valence-electron chi connectivity index (χ0n) is 17.5. The Morgan fingerprint density at radius 3 is 2.26 bits per heavy atom. The number of nitro groups is 1. The molecule has 0 aliphatic rings. The van der Waals surface area contributed by atoms with E-state index in [1.54, 1.807) is 30.3 Å².